The molecular weight excluding hydrogens is 478 g/mol. The number of halogens is 4. The second kappa shape index (κ2) is 12.0. The zero-order chi connectivity index (χ0) is 23.1. The second-order valence-corrected chi connectivity index (χ2v) is 9.10. The molecule has 0 heterocycles. The van der Waals surface area contributed by atoms with Gasteiger partial charge in [-0.05, 0) is 55.2 Å². The molecule has 168 valence electrons. The highest BCUT2D eigenvalue weighted by Crippen LogP contribution is 2.26. The molecule has 31 heavy (non-hydrogen) atoms. The van der Waals surface area contributed by atoms with Crippen LogP contribution in [-0.4, -0.2) is 28.8 Å². The maximum atomic E-state index is 13.4. The Morgan fingerprint density at radius 1 is 0.903 bits per heavy atom. The minimum Gasteiger partial charge on any atom is -0.352 e. The van der Waals surface area contributed by atoms with Crippen LogP contribution in [0.5, 0.6) is 0 Å². The van der Waals surface area contributed by atoms with Crippen LogP contribution in [0.15, 0.2) is 36.4 Å². The molecule has 0 aliphatic rings. The summed E-state index contributed by atoms with van der Waals surface area (Å²) in [6.45, 7) is 5.97. The van der Waals surface area contributed by atoms with Gasteiger partial charge in [-0.25, -0.2) is 0 Å². The number of nitrogens with one attached hydrogen (secondary N) is 1. The molecule has 2 aromatic carbocycles. The summed E-state index contributed by atoms with van der Waals surface area (Å²) < 4.78 is 0. The summed E-state index contributed by atoms with van der Waals surface area (Å²) in [5.41, 5.74) is 1.34. The lowest BCUT2D eigenvalue weighted by molar-refractivity contribution is -0.141. The van der Waals surface area contributed by atoms with Crippen molar-refractivity contribution >= 4 is 58.2 Å². The van der Waals surface area contributed by atoms with Crippen LogP contribution in [0, 0.1) is 0 Å². The molecule has 0 aliphatic carbocycles. The summed E-state index contributed by atoms with van der Waals surface area (Å²) >= 11 is 24.6. The lowest BCUT2D eigenvalue weighted by Crippen LogP contribution is -2.51. The normalized spacial score (nSPS) is 12.9. The van der Waals surface area contributed by atoms with Crippen LogP contribution in [0.1, 0.15) is 44.7 Å². The van der Waals surface area contributed by atoms with Gasteiger partial charge in [-0.2, -0.15) is 0 Å². The van der Waals surface area contributed by atoms with E-state index in [0.29, 0.717) is 37.6 Å². The molecular formula is C23H26Cl4N2O2. The molecule has 0 unspecified atom stereocenters. The highest BCUT2D eigenvalue weighted by molar-refractivity contribution is 6.35. The van der Waals surface area contributed by atoms with E-state index in [4.69, 9.17) is 46.4 Å². The van der Waals surface area contributed by atoms with Gasteiger partial charge in [0.15, 0.2) is 0 Å². The average molecular weight is 504 g/mol. The summed E-state index contributed by atoms with van der Waals surface area (Å²) in [7, 11) is 0. The minimum atomic E-state index is -0.653. The van der Waals surface area contributed by atoms with Gasteiger partial charge in [-0.1, -0.05) is 72.4 Å². The first-order valence-corrected chi connectivity index (χ1v) is 11.6. The molecule has 0 saturated carbocycles. The fourth-order valence-electron chi connectivity index (χ4n) is 3.12. The first-order valence-electron chi connectivity index (χ1n) is 10.1. The molecule has 0 bridgehead atoms. The Labute approximate surface area is 203 Å². The molecule has 1 N–H and O–H groups in total. The largest absolute Gasteiger partial charge is 0.352 e. The van der Waals surface area contributed by atoms with Crippen molar-refractivity contribution in [2.45, 2.75) is 58.7 Å². The van der Waals surface area contributed by atoms with Gasteiger partial charge in [0.1, 0.15) is 6.04 Å². The summed E-state index contributed by atoms with van der Waals surface area (Å²) in [6.07, 6.45) is 1.28. The number of nitrogens with zero attached hydrogens (tertiary/aromatic N) is 1. The Bertz CT molecular complexity index is 936. The molecule has 4 nitrogen and oxygen atoms in total. The molecule has 0 aliphatic heterocycles. The van der Waals surface area contributed by atoms with E-state index in [1.54, 1.807) is 41.3 Å². The van der Waals surface area contributed by atoms with Crippen molar-refractivity contribution in [2.75, 3.05) is 0 Å². The van der Waals surface area contributed by atoms with Crippen LogP contribution in [0.3, 0.4) is 0 Å². The van der Waals surface area contributed by atoms with Gasteiger partial charge in [0.2, 0.25) is 11.8 Å². The van der Waals surface area contributed by atoms with Crippen molar-refractivity contribution in [3.8, 4) is 0 Å². The second-order valence-electron chi connectivity index (χ2n) is 7.41. The Morgan fingerprint density at radius 2 is 1.45 bits per heavy atom. The van der Waals surface area contributed by atoms with Crippen molar-refractivity contribution in [2.24, 2.45) is 0 Å². The number of carbonyl (C=O) groups excluding carboxylic acids is 2. The highest BCUT2D eigenvalue weighted by atomic mass is 35.5. The molecule has 8 heteroatoms. The maximum Gasteiger partial charge on any atom is 0.243 e. The zero-order valence-electron chi connectivity index (χ0n) is 17.7. The molecule has 0 aromatic heterocycles. The highest BCUT2D eigenvalue weighted by Gasteiger charge is 2.30. The van der Waals surface area contributed by atoms with E-state index in [1.807, 2.05) is 20.8 Å². The van der Waals surface area contributed by atoms with Crippen molar-refractivity contribution in [1.29, 1.82) is 0 Å². The third kappa shape index (κ3) is 7.28. The third-order valence-corrected chi connectivity index (χ3v) is 6.27. The maximum absolute atomic E-state index is 13.4. The molecule has 0 radical (unpaired) electrons. The molecule has 2 aromatic rings. The van der Waals surface area contributed by atoms with Gasteiger partial charge in [-0.3, -0.25) is 9.59 Å². The number of rotatable bonds is 9. The minimum absolute atomic E-state index is 0.00308. The average Bonchev–Trinajstić information content (AvgIpc) is 2.71. The fraction of sp³-hybridized carbons (Fsp3) is 0.391. The number of hydrogen-bond donors (Lipinski definition) is 1. The predicted molar refractivity (Wildman–Crippen MR) is 129 cm³/mol. The van der Waals surface area contributed by atoms with Crippen LogP contribution >= 0.6 is 46.4 Å². The van der Waals surface area contributed by atoms with E-state index >= 15 is 0 Å². The Morgan fingerprint density at radius 3 is 1.94 bits per heavy atom. The first kappa shape index (κ1) is 25.8. The van der Waals surface area contributed by atoms with Gasteiger partial charge < -0.3 is 10.2 Å². The van der Waals surface area contributed by atoms with Gasteiger partial charge >= 0.3 is 0 Å². The van der Waals surface area contributed by atoms with Gasteiger partial charge in [0.05, 0.1) is 6.42 Å². The lowest BCUT2D eigenvalue weighted by Gasteiger charge is -2.32. The van der Waals surface area contributed by atoms with Crippen molar-refractivity contribution < 1.29 is 9.59 Å². The smallest absolute Gasteiger partial charge is 0.243 e. The topological polar surface area (TPSA) is 49.4 Å². The number of carbonyl (C=O) groups is 2. The van der Waals surface area contributed by atoms with Crippen molar-refractivity contribution in [3.63, 3.8) is 0 Å². The number of hydrogen-bond acceptors (Lipinski definition) is 2. The van der Waals surface area contributed by atoms with E-state index in [9.17, 15) is 9.59 Å². The van der Waals surface area contributed by atoms with Gasteiger partial charge in [0.25, 0.3) is 0 Å². The summed E-state index contributed by atoms with van der Waals surface area (Å²) in [4.78, 5) is 27.9. The monoisotopic (exact) mass is 502 g/mol. The van der Waals surface area contributed by atoms with Crippen molar-refractivity contribution in [1.82, 2.24) is 10.2 Å². The third-order valence-electron chi connectivity index (χ3n) is 5.10. The van der Waals surface area contributed by atoms with E-state index in [2.05, 4.69) is 5.32 Å². The van der Waals surface area contributed by atoms with Crippen LogP contribution in [0.4, 0.5) is 0 Å². The Balaban J connectivity index is 2.37. The molecule has 2 atom stereocenters. The molecule has 0 spiro atoms. The molecule has 2 rings (SSSR count). The number of benzene rings is 2. The van der Waals surface area contributed by atoms with E-state index in [0.717, 1.165) is 6.42 Å². The fourth-order valence-corrected chi connectivity index (χ4v) is 4.07. The quantitative estimate of drug-likeness (QED) is 0.421. The van der Waals surface area contributed by atoms with Gasteiger partial charge in [-0.15, -0.1) is 0 Å². The summed E-state index contributed by atoms with van der Waals surface area (Å²) in [5, 5.41) is 4.81. The van der Waals surface area contributed by atoms with Crippen LogP contribution in [0.25, 0.3) is 0 Å². The summed E-state index contributed by atoms with van der Waals surface area (Å²) in [6, 6.07) is 9.44. The number of amides is 2. The van der Waals surface area contributed by atoms with Gasteiger partial charge in [0, 0.05) is 32.7 Å². The van der Waals surface area contributed by atoms with E-state index < -0.39 is 6.04 Å². The molecule has 2 amide bonds. The Kier molecular flexibility index (Phi) is 9.95. The standard InChI is InChI=1S/C23H26Cl4N2O2/c1-4-14(3)28-23(31)21(5-2)29(13-16-7-9-18(25)12-20(16)27)22(30)10-15-6-8-17(24)11-19(15)26/h6-9,11-12,14,21H,4-5,10,13H2,1-3H3,(H,28,31)/t14-,21-/m0/s1. The predicted octanol–water partition coefficient (Wildman–Crippen LogP) is 6.56. The first-order chi connectivity index (χ1) is 14.7. The molecule has 0 saturated heterocycles. The zero-order valence-corrected chi connectivity index (χ0v) is 20.7. The lowest BCUT2D eigenvalue weighted by atomic mass is 10.1. The van der Waals surface area contributed by atoms with E-state index in [-0.39, 0.29) is 30.8 Å². The van der Waals surface area contributed by atoms with Crippen LogP contribution in [0.2, 0.25) is 20.1 Å². The van der Waals surface area contributed by atoms with E-state index in [1.165, 1.54) is 0 Å². The Hall–Kier alpha value is -1.46. The van der Waals surface area contributed by atoms with Crippen molar-refractivity contribution in [3.05, 3.63) is 67.6 Å². The van der Waals surface area contributed by atoms with Crippen LogP contribution < -0.4 is 5.32 Å². The summed E-state index contributed by atoms with van der Waals surface area (Å²) in [5.74, 6) is -0.432. The van der Waals surface area contributed by atoms with Crippen LogP contribution in [-0.2, 0) is 22.6 Å². The SMILES string of the molecule is CC[C@H](C)NC(=O)[C@H](CC)N(Cc1ccc(Cl)cc1Cl)C(=O)Cc1ccc(Cl)cc1Cl. The molecule has 0 fully saturated rings.